The summed E-state index contributed by atoms with van der Waals surface area (Å²) in [5.74, 6) is 2.25. The van der Waals surface area contributed by atoms with Crippen molar-refractivity contribution >= 4 is 10.8 Å². The Kier molecular flexibility index (Phi) is 5.19. The second-order valence-corrected chi connectivity index (χ2v) is 7.14. The van der Waals surface area contributed by atoms with Gasteiger partial charge in [-0.1, -0.05) is 44.2 Å². The average molecular weight is 313 g/mol. The van der Waals surface area contributed by atoms with Crippen LogP contribution in [0.3, 0.4) is 0 Å². The first-order chi connectivity index (χ1) is 11.1. The summed E-state index contributed by atoms with van der Waals surface area (Å²) in [6.07, 6.45) is 0.846. The van der Waals surface area contributed by atoms with Gasteiger partial charge < -0.3 is 14.7 Å². The zero-order valence-electron chi connectivity index (χ0n) is 14.1. The molecule has 0 radical (unpaired) electrons. The summed E-state index contributed by atoms with van der Waals surface area (Å²) in [7, 11) is 0. The van der Waals surface area contributed by atoms with Gasteiger partial charge in [0.05, 0.1) is 0 Å². The minimum Gasteiger partial charge on any atom is -0.491 e. The Balaban J connectivity index is 1.52. The molecular formula is C20H27NO2. The van der Waals surface area contributed by atoms with Gasteiger partial charge in [0.25, 0.3) is 0 Å². The summed E-state index contributed by atoms with van der Waals surface area (Å²) < 4.78 is 5.79. The van der Waals surface area contributed by atoms with Gasteiger partial charge in [0.2, 0.25) is 0 Å². The molecule has 1 N–H and O–H groups in total. The molecular weight excluding hydrogens is 286 g/mol. The van der Waals surface area contributed by atoms with Crippen LogP contribution in [0.15, 0.2) is 42.5 Å². The SMILES string of the molecule is C[C@H]1C[C@H](C)CN(C[C@H](O)COc2ccc3ccccc3c2)C1. The molecule has 0 aromatic heterocycles. The second-order valence-electron chi connectivity index (χ2n) is 7.14. The standard InChI is InChI=1S/C20H27NO2/c1-15-9-16(2)12-21(11-15)13-19(22)14-23-20-8-7-17-5-3-4-6-18(17)10-20/h3-8,10,15-16,19,22H,9,11-14H2,1-2H3/t15-,16-,19-/m0/s1. The number of aliphatic hydroxyl groups excluding tert-OH is 1. The molecule has 1 aliphatic heterocycles. The number of likely N-dealkylation sites (tertiary alicyclic amines) is 1. The van der Waals surface area contributed by atoms with Crippen molar-refractivity contribution in [3.63, 3.8) is 0 Å². The van der Waals surface area contributed by atoms with E-state index in [9.17, 15) is 5.11 Å². The Labute approximate surface area is 138 Å². The number of fused-ring (bicyclic) bond motifs is 1. The summed E-state index contributed by atoms with van der Waals surface area (Å²) in [6, 6.07) is 14.3. The molecule has 3 atom stereocenters. The van der Waals surface area contributed by atoms with Crippen molar-refractivity contribution in [3.05, 3.63) is 42.5 Å². The van der Waals surface area contributed by atoms with Gasteiger partial charge in [-0.05, 0) is 41.2 Å². The van der Waals surface area contributed by atoms with Crippen molar-refractivity contribution < 1.29 is 9.84 Å². The highest BCUT2D eigenvalue weighted by atomic mass is 16.5. The Morgan fingerprint density at radius 2 is 1.78 bits per heavy atom. The maximum atomic E-state index is 10.3. The van der Waals surface area contributed by atoms with Gasteiger partial charge in [0.1, 0.15) is 18.5 Å². The van der Waals surface area contributed by atoms with Gasteiger partial charge in [-0.15, -0.1) is 0 Å². The van der Waals surface area contributed by atoms with E-state index in [4.69, 9.17) is 4.74 Å². The van der Waals surface area contributed by atoms with E-state index in [1.54, 1.807) is 0 Å². The highest BCUT2D eigenvalue weighted by molar-refractivity contribution is 5.83. The van der Waals surface area contributed by atoms with Crippen LogP contribution in [0.4, 0.5) is 0 Å². The minimum absolute atomic E-state index is 0.345. The number of piperidine rings is 1. The van der Waals surface area contributed by atoms with Crippen LogP contribution < -0.4 is 4.74 Å². The third-order valence-corrected chi connectivity index (χ3v) is 4.58. The number of β-amino-alcohol motifs (C(OH)–C–C–N with tert-alkyl or cyclic N) is 1. The second kappa shape index (κ2) is 7.33. The maximum Gasteiger partial charge on any atom is 0.120 e. The van der Waals surface area contributed by atoms with E-state index in [2.05, 4.69) is 36.9 Å². The topological polar surface area (TPSA) is 32.7 Å². The molecule has 2 aromatic carbocycles. The van der Waals surface area contributed by atoms with E-state index in [1.807, 2.05) is 24.3 Å². The third-order valence-electron chi connectivity index (χ3n) is 4.58. The molecule has 1 heterocycles. The van der Waals surface area contributed by atoms with Crippen LogP contribution in [-0.4, -0.2) is 42.4 Å². The lowest BCUT2D eigenvalue weighted by atomic mass is 9.92. The Bertz CT molecular complexity index is 632. The molecule has 0 unspecified atom stereocenters. The molecule has 1 aliphatic rings. The number of nitrogens with zero attached hydrogens (tertiary/aromatic N) is 1. The summed E-state index contributed by atoms with van der Waals surface area (Å²) in [6.45, 7) is 7.79. The van der Waals surface area contributed by atoms with Crippen molar-refractivity contribution in [2.24, 2.45) is 11.8 Å². The smallest absolute Gasteiger partial charge is 0.120 e. The number of rotatable bonds is 5. The van der Waals surface area contributed by atoms with Crippen LogP contribution in [0.1, 0.15) is 20.3 Å². The lowest BCUT2D eigenvalue weighted by molar-refractivity contribution is 0.0429. The summed E-state index contributed by atoms with van der Waals surface area (Å²) in [4.78, 5) is 2.37. The van der Waals surface area contributed by atoms with Crippen molar-refractivity contribution in [2.45, 2.75) is 26.4 Å². The molecule has 0 bridgehead atoms. The summed E-state index contributed by atoms with van der Waals surface area (Å²) in [5.41, 5.74) is 0. The molecule has 0 aliphatic carbocycles. The summed E-state index contributed by atoms with van der Waals surface area (Å²) >= 11 is 0. The van der Waals surface area contributed by atoms with Gasteiger partial charge in [-0.3, -0.25) is 0 Å². The zero-order valence-corrected chi connectivity index (χ0v) is 14.1. The molecule has 3 heteroatoms. The molecule has 1 saturated heterocycles. The first kappa shape index (κ1) is 16.3. The Morgan fingerprint density at radius 3 is 2.52 bits per heavy atom. The highest BCUT2D eigenvalue weighted by Crippen LogP contribution is 2.22. The fraction of sp³-hybridized carbons (Fsp3) is 0.500. The maximum absolute atomic E-state index is 10.3. The quantitative estimate of drug-likeness (QED) is 0.916. The number of hydrogen-bond donors (Lipinski definition) is 1. The normalized spacial score (nSPS) is 23.8. The predicted molar refractivity (Wildman–Crippen MR) is 94.8 cm³/mol. The zero-order chi connectivity index (χ0) is 16.2. The first-order valence-electron chi connectivity index (χ1n) is 8.62. The van der Waals surface area contributed by atoms with Crippen LogP contribution in [0.5, 0.6) is 5.75 Å². The van der Waals surface area contributed by atoms with E-state index in [-0.39, 0.29) is 0 Å². The largest absolute Gasteiger partial charge is 0.491 e. The molecule has 3 nitrogen and oxygen atoms in total. The van der Waals surface area contributed by atoms with E-state index >= 15 is 0 Å². The van der Waals surface area contributed by atoms with Gasteiger partial charge in [0.15, 0.2) is 0 Å². The Morgan fingerprint density at radius 1 is 1.09 bits per heavy atom. The minimum atomic E-state index is -0.445. The highest BCUT2D eigenvalue weighted by Gasteiger charge is 2.23. The number of aliphatic hydroxyl groups is 1. The first-order valence-corrected chi connectivity index (χ1v) is 8.62. The van der Waals surface area contributed by atoms with Crippen LogP contribution in [0.2, 0.25) is 0 Å². The van der Waals surface area contributed by atoms with Crippen molar-refractivity contribution in [1.29, 1.82) is 0 Å². The lowest BCUT2D eigenvalue weighted by Crippen LogP contribution is -2.43. The molecule has 0 saturated carbocycles. The van der Waals surface area contributed by atoms with Gasteiger partial charge in [0, 0.05) is 19.6 Å². The lowest BCUT2D eigenvalue weighted by Gasteiger charge is -2.35. The van der Waals surface area contributed by atoms with Gasteiger partial charge in [-0.2, -0.15) is 0 Å². The van der Waals surface area contributed by atoms with Crippen molar-refractivity contribution in [3.8, 4) is 5.75 Å². The fourth-order valence-electron chi connectivity index (χ4n) is 3.74. The van der Waals surface area contributed by atoms with E-state index < -0.39 is 6.10 Å². The van der Waals surface area contributed by atoms with Gasteiger partial charge >= 0.3 is 0 Å². The van der Waals surface area contributed by atoms with E-state index in [0.29, 0.717) is 25.0 Å². The van der Waals surface area contributed by atoms with Gasteiger partial charge in [-0.25, -0.2) is 0 Å². The third kappa shape index (κ3) is 4.46. The fourth-order valence-corrected chi connectivity index (χ4v) is 3.74. The van der Waals surface area contributed by atoms with Crippen LogP contribution >= 0.6 is 0 Å². The molecule has 124 valence electrons. The molecule has 23 heavy (non-hydrogen) atoms. The molecule has 0 amide bonds. The predicted octanol–water partition coefficient (Wildman–Crippen LogP) is 3.56. The Hall–Kier alpha value is -1.58. The molecule has 3 rings (SSSR count). The van der Waals surface area contributed by atoms with Crippen LogP contribution in [0, 0.1) is 11.8 Å². The van der Waals surface area contributed by atoms with E-state index in [1.165, 1.54) is 11.8 Å². The van der Waals surface area contributed by atoms with Crippen molar-refractivity contribution in [2.75, 3.05) is 26.2 Å². The average Bonchev–Trinajstić information content (AvgIpc) is 2.52. The molecule has 2 aromatic rings. The molecule has 1 fully saturated rings. The number of benzene rings is 2. The summed E-state index contributed by atoms with van der Waals surface area (Å²) in [5, 5.41) is 12.7. The van der Waals surface area contributed by atoms with Crippen molar-refractivity contribution in [1.82, 2.24) is 4.90 Å². The van der Waals surface area contributed by atoms with E-state index in [0.717, 1.165) is 24.2 Å². The monoisotopic (exact) mass is 313 g/mol. The number of ether oxygens (including phenoxy) is 1. The molecule has 0 spiro atoms. The van der Waals surface area contributed by atoms with Crippen LogP contribution in [0.25, 0.3) is 10.8 Å². The van der Waals surface area contributed by atoms with Crippen LogP contribution in [-0.2, 0) is 0 Å². The number of hydrogen-bond acceptors (Lipinski definition) is 3.